The van der Waals surface area contributed by atoms with E-state index in [-0.39, 0.29) is 24.0 Å². The van der Waals surface area contributed by atoms with E-state index in [1.807, 2.05) is 0 Å². The second-order valence-corrected chi connectivity index (χ2v) is 6.23. The van der Waals surface area contributed by atoms with Crippen molar-refractivity contribution in [1.82, 2.24) is 10.6 Å². The van der Waals surface area contributed by atoms with Gasteiger partial charge in [-0.3, -0.25) is 0 Å². The zero-order chi connectivity index (χ0) is 16.3. The second kappa shape index (κ2) is 12.3. The first-order valence-corrected chi connectivity index (χ1v) is 8.81. The number of guanidine groups is 1. The lowest BCUT2D eigenvalue weighted by molar-refractivity contribution is 0.185. The summed E-state index contributed by atoms with van der Waals surface area (Å²) in [5, 5.41) is 8.79. The first kappa shape index (κ1) is 20.9. The molecule has 0 amide bonds. The third-order valence-corrected chi connectivity index (χ3v) is 4.28. The van der Waals surface area contributed by atoms with Crippen molar-refractivity contribution in [2.75, 3.05) is 20.2 Å². The molecule has 1 aromatic heterocycles. The van der Waals surface area contributed by atoms with Gasteiger partial charge in [0.15, 0.2) is 5.96 Å². The minimum Gasteiger partial charge on any atom is -0.380 e. The Morgan fingerprint density at radius 2 is 1.88 bits per heavy atom. The van der Waals surface area contributed by atoms with Crippen LogP contribution in [0.2, 0.25) is 0 Å². The van der Waals surface area contributed by atoms with E-state index in [1.54, 1.807) is 18.4 Å². The normalized spacial score (nSPS) is 11.0. The van der Waals surface area contributed by atoms with Gasteiger partial charge in [0.1, 0.15) is 0 Å². The Morgan fingerprint density at radius 3 is 2.50 bits per heavy atom. The number of nitrogens with zero attached hydrogens (tertiary/aromatic N) is 1. The molecule has 0 fully saturated rings. The summed E-state index contributed by atoms with van der Waals surface area (Å²) in [6, 6.07) is 12.6. The average molecular weight is 459 g/mol. The maximum absolute atomic E-state index is 5.13. The second-order valence-electron chi connectivity index (χ2n) is 5.20. The summed E-state index contributed by atoms with van der Waals surface area (Å²) >= 11 is 1.79. The molecule has 0 aliphatic carbocycles. The molecule has 6 heteroatoms. The first-order valence-electron chi connectivity index (χ1n) is 7.93. The molecule has 2 N–H and O–H groups in total. The van der Waals surface area contributed by atoms with Gasteiger partial charge in [-0.1, -0.05) is 30.3 Å². The molecule has 0 bridgehead atoms. The van der Waals surface area contributed by atoms with Crippen LogP contribution in [0, 0.1) is 0 Å². The molecule has 24 heavy (non-hydrogen) atoms. The zero-order valence-corrected chi connectivity index (χ0v) is 17.4. The van der Waals surface area contributed by atoms with Crippen LogP contribution >= 0.6 is 35.3 Å². The Labute approximate surface area is 165 Å². The van der Waals surface area contributed by atoms with Crippen molar-refractivity contribution in [3.05, 3.63) is 57.8 Å². The summed E-state index contributed by atoms with van der Waals surface area (Å²) in [5.74, 6) is 0.866. The quantitative estimate of drug-likeness (QED) is 0.359. The number of halogens is 1. The van der Waals surface area contributed by atoms with Crippen molar-refractivity contribution in [2.24, 2.45) is 4.99 Å². The smallest absolute Gasteiger partial charge is 0.191 e. The van der Waals surface area contributed by atoms with E-state index < -0.39 is 0 Å². The molecule has 0 atom stereocenters. The fraction of sp³-hybridized carbons (Fsp3) is 0.389. The van der Waals surface area contributed by atoms with Gasteiger partial charge >= 0.3 is 0 Å². The Balaban J connectivity index is 0.00000288. The SMILES string of the molecule is CCNC(=NCc1ccc(COC)cc1)NCCc1cccs1.I. The van der Waals surface area contributed by atoms with Gasteiger partial charge in [0.2, 0.25) is 0 Å². The van der Waals surface area contributed by atoms with E-state index in [1.165, 1.54) is 16.0 Å². The number of hydrogen-bond acceptors (Lipinski definition) is 3. The Hall–Kier alpha value is -1.12. The minimum atomic E-state index is 0. The van der Waals surface area contributed by atoms with Gasteiger partial charge in [0.05, 0.1) is 13.2 Å². The minimum absolute atomic E-state index is 0. The predicted octanol–water partition coefficient (Wildman–Crippen LogP) is 3.81. The fourth-order valence-electron chi connectivity index (χ4n) is 2.18. The van der Waals surface area contributed by atoms with E-state index in [0.717, 1.165) is 25.5 Å². The molecular formula is C18H26IN3OS. The van der Waals surface area contributed by atoms with Gasteiger partial charge in [-0.2, -0.15) is 0 Å². The average Bonchev–Trinajstić information content (AvgIpc) is 3.07. The molecule has 0 saturated carbocycles. The summed E-state index contributed by atoms with van der Waals surface area (Å²) in [6.07, 6.45) is 1.02. The maximum atomic E-state index is 5.13. The van der Waals surface area contributed by atoms with Crippen molar-refractivity contribution < 1.29 is 4.74 Å². The van der Waals surface area contributed by atoms with E-state index in [0.29, 0.717) is 13.2 Å². The van der Waals surface area contributed by atoms with Crippen molar-refractivity contribution in [3.63, 3.8) is 0 Å². The molecule has 132 valence electrons. The molecule has 4 nitrogen and oxygen atoms in total. The highest BCUT2D eigenvalue weighted by molar-refractivity contribution is 14.0. The van der Waals surface area contributed by atoms with Gasteiger partial charge in [0.25, 0.3) is 0 Å². The van der Waals surface area contributed by atoms with Crippen molar-refractivity contribution in [2.45, 2.75) is 26.5 Å². The number of benzene rings is 1. The van der Waals surface area contributed by atoms with Crippen LogP contribution in [0.3, 0.4) is 0 Å². The number of methoxy groups -OCH3 is 1. The predicted molar refractivity (Wildman–Crippen MR) is 113 cm³/mol. The Bertz CT molecular complexity index is 585. The zero-order valence-electron chi connectivity index (χ0n) is 14.2. The number of thiophene rings is 1. The molecule has 0 saturated heterocycles. The highest BCUT2D eigenvalue weighted by atomic mass is 127. The van der Waals surface area contributed by atoms with E-state index in [9.17, 15) is 0 Å². The van der Waals surface area contributed by atoms with Gasteiger partial charge < -0.3 is 15.4 Å². The third kappa shape index (κ3) is 7.63. The molecule has 2 rings (SSSR count). The van der Waals surface area contributed by atoms with Crippen molar-refractivity contribution in [1.29, 1.82) is 0 Å². The van der Waals surface area contributed by atoms with Crippen LogP contribution < -0.4 is 10.6 Å². The van der Waals surface area contributed by atoms with Crippen molar-refractivity contribution >= 4 is 41.3 Å². The lowest BCUT2D eigenvalue weighted by atomic mass is 10.1. The molecule has 0 aliphatic rings. The lowest BCUT2D eigenvalue weighted by Gasteiger charge is -2.11. The number of aliphatic imine (C=N–C) groups is 1. The largest absolute Gasteiger partial charge is 0.380 e. The van der Waals surface area contributed by atoms with Gasteiger partial charge in [-0.25, -0.2) is 4.99 Å². The van der Waals surface area contributed by atoms with Crippen LogP contribution in [0.15, 0.2) is 46.8 Å². The summed E-state index contributed by atoms with van der Waals surface area (Å²) in [7, 11) is 1.71. The number of hydrogen-bond donors (Lipinski definition) is 2. The summed E-state index contributed by atoms with van der Waals surface area (Å²) in [5.41, 5.74) is 2.38. The summed E-state index contributed by atoms with van der Waals surface area (Å²) < 4.78 is 5.13. The van der Waals surface area contributed by atoms with E-state index in [2.05, 4.69) is 64.3 Å². The molecule has 2 aromatic rings. The maximum Gasteiger partial charge on any atom is 0.191 e. The van der Waals surface area contributed by atoms with Crippen LogP contribution in [0.4, 0.5) is 0 Å². The third-order valence-electron chi connectivity index (χ3n) is 3.34. The topological polar surface area (TPSA) is 45.7 Å². The highest BCUT2D eigenvalue weighted by Crippen LogP contribution is 2.08. The first-order chi connectivity index (χ1) is 11.3. The number of ether oxygens (including phenoxy) is 1. The molecule has 0 radical (unpaired) electrons. The Kier molecular flexibility index (Phi) is 10.7. The van der Waals surface area contributed by atoms with Crippen LogP contribution in [0.1, 0.15) is 22.9 Å². The van der Waals surface area contributed by atoms with Crippen LogP contribution in [0.25, 0.3) is 0 Å². The molecule has 0 aliphatic heterocycles. The van der Waals surface area contributed by atoms with Crippen LogP contribution in [-0.4, -0.2) is 26.2 Å². The monoisotopic (exact) mass is 459 g/mol. The molecule has 0 unspecified atom stereocenters. The number of rotatable bonds is 8. The molecule has 1 aromatic carbocycles. The van der Waals surface area contributed by atoms with Gasteiger partial charge in [-0.05, 0) is 35.9 Å². The molecular weight excluding hydrogens is 433 g/mol. The summed E-state index contributed by atoms with van der Waals surface area (Å²) in [6.45, 7) is 5.14. The fourth-order valence-corrected chi connectivity index (χ4v) is 2.89. The number of nitrogens with one attached hydrogen (secondary N) is 2. The van der Waals surface area contributed by atoms with E-state index >= 15 is 0 Å². The Morgan fingerprint density at radius 1 is 1.12 bits per heavy atom. The van der Waals surface area contributed by atoms with Gasteiger partial charge in [0, 0.05) is 25.1 Å². The van der Waals surface area contributed by atoms with Crippen LogP contribution in [-0.2, 0) is 24.3 Å². The van der Waals surface area contributed by atoms with Gasteiger partial charge in [-0.15, -0.1) is 35.3 Å². The van der Waals surface area contributed by atoms with E-state index in [4.69, 9.17) is 4.74 Å². The standard InChI is InChI=1S/C18H25N3OS.HI/c1-3-19-18(20-11-10-17-5-4-12-23-17)21-13-15-6-8-16(9-7-15)14-22-2;/h4-9,12H,3,10-11,13-14H2,1-2H3,(H2,19,20,21);1H. The molecule has 0 spiro atoms. The van der Waals surface area contributed by atoms with Crippen molar-refractivity contribution in [3.8, 4) is 0 Å². The van der Waals surface area contributed by atoms with Crippen LogP contribution in [0.5, 0.6) is 0 Å². The lowest BCUT2D eigenvalue weighted by Crippen LogP contribution is -2.38. The summed E-state index contributed by atoms with van der Waals surface area (Å²) in [4.78, 5) is 6.04. The molecule has 1 heterocycles. The highest BCUT2D eigenvalue weighted by Gasteiger charge is 1.99.